The highest BCUT2D eigenvalue weighted by molar-refractivity contribution is 5.85. The van der Waals surface area contributed by atoms with E-state index >= 15 is 0 Å². The molecule has 1 amide bonds. The van der Waals surface area contributed by atoms with Crippen LogP contribution in [0.25, 0.3) is 0 Å². The van der Waals surface area contributed by atoms with Crippen LogP contribution in [-0.2, 0) is 17.9 Å². The van der Waals surface area contributed by atoms with Crippen LogP contribution in [0.15, 0.2) is 67.1 Å². The number of aromatic nitrogens is 2. The van der Waals surface area contributed by atoms with E-state index in [2.05, 4.69) is 55.8 Å². The smallest absolute Gasteiger partial charge is 0.228 e. The third kappa shape index (κ3) is 5.97. The summed E-state index contributed by atoms with van der Waals surface area (Å²) in [6.07, 6.45) is 12.3. The van der Waals surface area contributed by atoms with Crippen molar-refractivity contribution in [2.45, 2.75) is 64.1 Å². The van der Waals surface area contributed by atoms with E-state index < -0.39 is 0 Å². The Hall–Kier alpha value is -2.85. The number of rotatable bonds is 6. The number of hydrogen-bond acceptors (Lipinski definition) is 4. The van der Waals surface area contributed by atoms with Gasteiger partial charge < -0.3 is 9.47 Å². The first kappa shape index (κ1) is 30.6. The molecule has 4 bridgehead atoms. The molecule has 1 atom stereocenters. The van der Waals surface area contributed by atoms with Crippen LogP contribution in [0.3, 0.4) is 0 Å². The van der Waals surface area contributed by atoms with E-state index in [0.29, 0.717) is 11.5 Å². The highest BCUT2D eigenvalue weighted by Gasteiger charge is 2.55. The van der Waals surface area contributed by atoms with Crippen molar-refractivity contribution < 1.29 is 4.79 Å². The average Bonchev–Trinajstić information content (AvgIpc) is 3.29. The van der Waals surface area contributed by atoms with Crippen LogP contribution in [0, 0.1) is 34.5 Å². The van der Waals surface area contributed by atoms with Crippen LogP contribution in [0.2, 0.25) is 0 Å². The average molecular weight is 607 g/mol. The number of carbonyl (C=O) groups is 1. The second kappa shape index (κ2) is 12.8. The molecule has 8 heteroatoms. The van der Waals surface area contributed by atoms with E-state index in [1.807, 2.05) is 36.8 Å². The molecule has 4 aliphatic carbocycles. The number of nitriles is 1. The second-order valence-electron chi connectivity index (χ2n) is 13.0. The number of benzene rings is 2. The third-order valence-corrected chi connectivity index (χ3v) is 10.3. The van der Waals surface area contributed by atoms with Gasteiger partial charge in [-0.15, -0.1) is 24.8 Å². The van der Waals surface area contributed by atoms with E-state index in [4.69, 9.17) is 5.26 Å². The molecule has 6 nitrogen and oxygen atoms in total. The van der Waals surface area contributed by atoms with E-state index in [0.717, 1.165) is 81.7 Å². The molecule has 1 aliphatic heterocycles. The number of imidazole rings is 1. The zero-order valence-corrected chi connectivity index (χ0v) is 25.7. The summed E-state index contributed by atoms with van der Waals surface area (Å²) in [5, 5.41) is 9.14. The van der Waals surface area contributed by atoms with Gasteiger partial charge >= 0.3 is 0 Å². The van der Waals surface area contributed by atoms with Gasteiger partial charge in [-0.05, 0) is 86.0 Å². The predicted octanol–water partition coefficient (Wildman–Crippen LogP) is 6.64. The Morgan fingerprint density at radius 2 is 1.55 bits per heavy atom. The Bertz CT molecular complexity index is 1360. The molecule has 1 unspecified atom stereocenters. The van der Waals surface area contributed by atoms with Crippen LogP contribution in [0.4, 0.5) is 0 Å². The fourth-order valence-electron chi connectivity index (χ4n) is 8.84. The first-order valence-electron chi connectivity index (χ1n) is 15.1. The first-order chi connectivity index (χ1) is 19.6. The van der Waals surface area contributed by atoms with Gasteiger partial charge in [0.15, 0.2) is 0 Å². The fraction of sp³-hybridized carbons (Fsp3) is 0.500. The van der Waals surface area contributed by atoms with E-state index in [1.54, 1.807) is 0 Å². The van der Waals surface area contributed by atoms with E-state index in [-0.39, 0.29) is 36.3 Å². The summed E-state index contributed by atoms with van der Waals surface area (Å²) in [7, 11) is 0. The van der Waals surface area contributed by atoms with Crippen molar-refractivity contribution in [3.63, 3.8) is 0 Å². The van der Waals surface area contributed by atoms with Gasteiger partial charge in [0.1, 0.15) is 0 Å². The lowest BCUT2D eigenvalue weighted by Crippen LogP contribution is -2.55. The standard InChI is InChI=1S/C34H39N5O.2ClH/c35-20-25-6-8-26(9-7-25)22-39-24-36-21-31(39)23-38-13-12-37(11-10-32(38)30-4-2-1-3-5-30)33(40)34-17-27-14-28(18-34)16-29(15-27)19-34;;/h1-9,21,24,27-29,32H,10-19,22-23H2;2*1H. The normalized spacial score (nSPS) is 28.3. The Morgan fingerprint density at radius 1 is 0.881 bits per heavy atom. The van der Waals surface area contributed by atoms with Gasteiger partial charge in [0.05, 0.1) is 29.1 Å². The molecule has 0 N–H and O–H groups in total. The van der Waals surface area contributed by atoms with Crippen molar-refractivity contribution in [2.24, 2.45) is 23.2 Å². The second-order valence-corrected chi connectivity index (χ2v) is 13.0. The topological polar surface area (TPSA) is 65.2 Å². The summed E-state index contributed by atoms with van der Waals surface area (Å²) in [5.74, 6) is 2.82. The number of amides is 1. The molecule has 2 heterocycles. The lowest BCUT2D eigenvalue weighted by molar-refractivity contribution is -0.157. The van der Waals surface area contributed by atoms with Crippen LogP contribution < -0.4 is 0 Å². The summed E-state index contributed by atoms with van der Waals surface area (Å²) in [5.41, 5.74) is 4.25. The van der Waals surface area contributed by atoms with Crippen molar-refractivity contribution in [1.82, 2.24) is 19.4 Å². The maximum Gasteiger partial charge on any atom is 0.228 e. The molecule has 5 fully saturated rings. The molecule has 0 spiro atoms. The molecule has 2 aromatic carbocycles. The van der Waals surface area contributed by atoms with Gasteiger partial charge in [-0.1, -0.05) is 42.5 Å². The lowest BCUT2D eigenvalue weighted by atomic mass is 9.49. The van der Waals surface area contributed by atoms with Crippen molar-refractivity contribution >= 4 is 30.7 Å². The first-order valence-corrected chi connectivity index (χ1v) is 15.1. The van der Waals surface area contributed by atoms with E-state index in [1.165, 1.54) is 30.5 Å². The summed E-state index contributed by atoms with van der Waals surface area (Å²) in [6.45, 7) is 4.01. The minimum atomic E-state index is -0.0775. The minimum Gasteiger partial charge on any atom is -0.341 e. The van der Waals surface area contributed by atoms with Crippen LogP contribution >= 0.6 is 24.8 Å². The molecule has 222 valence electrons. The minimum absolute atomic E-state index is 0. The summed E-state index contributed by atoms with van der Waals surface area (Å²) in [4.78, 5) is 23.6. The fourth-order valence-corrected chi connectivity index (χ4v) is 8.84. The van der Waals surface area contributed by atoms with Crippen LogP contribution in [0.5, 0.6) is 0 Å². The molecule has 42 heavy (non-hydrogen) atoms. The van der Waals surface area contributed by atoms with Gasteiger partial charge in [0.25, 0.3) is 0 Å². The number of carbonyl (C=O) groups excluding carboxylic acids is 1. The molecule has 5 aliphatic rings. The molecular formula is C34H41Cl2N5O. The molecule has 4 saturated carbocycles. The molecule has 1 saturated heterocycles. The summed E-state index contributed by atoms with van der Waals surface area (Å²) >= 11 is 0. The highest BCUT2D eigenvalue weighted by atomic mass is 35.5. The van der Waals surface area contributed by atoms with Gasteiger partial charge in [0, 0.05) is 45.0 Å². The largest absolute Gasteiger partial charge is 0.341 e. The van der Waals surface area contributed by atoms with Crippen molar-refractivity contribution in [1.29, 1.82) is 5.26 Å². The molecule has 3 aromatic rings. The van der Waals surface area contributed by atoms with Crippen LogP contribution in [-0.4, -0.2) is 44.9 Å². The quantitative estimate of drug-likeness (QED) is 0.316. The number of hydrogen-bond donors (Lipinski definition) is 0. The monoisotopic (exact) mass is 605 g/mol. The highest BCUT2D eigenvalue weighted by Crippen LogP contribution is 2.60. The summed E-state index contributed by atoms with van der Waals surface area (Å²) < 4.78 is 2.21. The van der Waals surface area contributed by atoms with Gasteiger partial charge in [-0.3, -0.25) is 9.69 Å². The Kier molecular flexibility index (Phi) is 9.32. The predicted molar refractivity (Wildman–Crippen MR) is 168 cm³/mol. The number of nitrogens with zero attached hydrogens (tertiary/aromatic N) is 5. The van der Waals surface area contributed by atoms with Gasteiger partial charge in [-0.25, -0.2) is 4.98 Å². The maximum absolute atomic E-state index is 14.2. The molecule has 1 aromatic heterocycles. The SMILES string of the molecule is Cl.Cl.N#Cc1ccc(Cn2cncc2CN2CCN(C(=O)C34CC5CC(CC(C5)C3)C4)CCC2c2ccccc2)cc1. The maximum atomic E-state index is 14.2. The zero-order valence-electron chi connectivity index (χ0n) is 24.1. The van der Waals surface area contributed by atoms with E-state index in [9.17, 15) is 4.79 Å². The third-order valence-electron chi connectivity index (χ3n) is 10.3. The lowest BCUT2D eigenvalue weighted by Gasteiger charge is -2.56. The van der Waals surface area contributed by atoms with Crippen molar-refractivity contribution in [3.8, 4) is 6.07 Å². The van der Waals surface area contributed by atoms with Crippen molar-refractivity contribution in [2.75, 3.05) is 19.6 Å². The van der Waals surface area contributed by atoms with Gasteiger partial charge in [0.2, 0.25) is 5.91 Å². The Labute approximate surface area is 261 Å². The molecule has 0 radical (unpaired) electrons. The number of halogens is 2. The molecule has 8 rings (SSSR count). The zero-order chi connectivity index (χ0) is 27.1. The van der Waals surface area contributed by atoms with Gasteiger partial charge in [-0.2, -0.15) is 5.26 Å². The summed E-state index contributed by atoms with van der Waals surface area (Å²) in [6, 6.07) is 21.1. The Balaban J connectivity index is 0.00000176. The van der Waals surface area contributed by atoms with Crippen LogP contribution in [0.1, 0.15) is 73.4 Å². The molecular weight excluding hydrogens is 565 g/mol. The Morgan fingerprint density at radius 3 is 2.19 bits per heavy atom. The van der Waals surface area contributed by atoms with Crippen molar-refractivity contribution in [3.05, 3.63) is 89.5 Å².